The highest BCUT2D eigenvalue weighted by Crippen LogP contribution is 2.42. The molecule has 6 rings (SSSR count). The van der Waals surface area contributed by atoms with Crippen molar-refractivity contribution in [3.63, 3.8) is 0 Å². The van der Waals surface area contributed by atoms with Crippen molar-refractivity contribution in [3.05, 3.63) is 99.7 Å². The van der Waals surface area contributed by atoms with E-state index in [1.165, 1.54) is 7.11 Å². The predicted molar refractivity (Wildman–Crippen MR) is 149 cm³/mol. The Bertz CT molecular complexity index is 1580. The predicted octanol–water partition coefficient (Wildman–Crippen LogP) is 5.37. The number of carbonyl (C=O) groups excluding carboxylic acids is 1. The lowest BCUT2D eigenvalue weighted by molar-refractivity contribution is 0.0537. The summed E-state index contributed by atoms with van der Waals surface area (Å²) in [5, 5.41) is 0.606. The number of halogens is 2. The fourth-order valence-corrected chi connectivity index (χ4v) is 5.93. The summed E-state index contributed by atoms with van der Waals surface area (Å²) in [6, 6.07) is 12.0. The van der Waals surface area contributed by atoms with Crippen molar-refractivity contribution in [2.75, 3.05) is 26.9 Å². The minimum Gasteiger partial charge on any atom is -0.307 e. The standard InChI is InChI=1S/C30H29ClFN5O2/c1-39-35-30(38)22-5-6-24-20(11-22)3-2-4-26(25-7-9-33-14-27(25)31)29(24)21-8-10-37-18-23(34-28(37)12-21)17-36-15-19(13-32)16-36/h5-12,14,18-19H,2-4,13,15-17H2,1H3,(H,35,38). The van der Waals surface area contributed by atoms with E-state index < -0.39 is 0 Å². The summed E-state index contributed by atoms with van der Waals surface area (Å²) in [5.41, 5.74) is 11.1. The monoisotopic (exact) mass is 545 g/mol. The van der Waals surface area contributed by atoms with Crippen LogP contribution in [0.1, 0.15) is 51.1 Å². The number of hydroxylamine groups is 1. The molecule has 1 aliphatic heterocycles. The van der Waals surface area contributed by atoms with E-state index in [-0.39, 0.29) is 18.5 Å². The molecule has 1 saturated heterocycles. The van der Waals surface area contributed by atoms with Crippen LogP contribution in [-0.2, 0) is 17.8 Å². The van der Waals surface area contributed by atoms with Crippen LogP contribution in [0.25, 0.3) is 16.8 Å². The van der Waals surface area contributed by atoms with Crippen LogP contribution < -0.4 is 5.48 Å². The van der Waals surface area contributed by atoms with Gasteiger partial charge < -0.3 is 4.40 Å². The molecule has 0 saturated carbocycles. The number of nitrogens with zero attached hydrogens (tertiary/aromatic N) is 4. The zero-order valence-electron chi connectivity index (χ0n) is 21.7. The lowest BCUT2D eigenvalue weighted by atomic mass is 9.88. The molecule has 3 aromatic heterocycles. The SMILES string of the molecule is CONC(=O)c1ccc2c(c1)CCCC(c1ccncc1Cl)=C2c1ccn2cc(CN3CC(CF)C3)nc2c1. The van der Waals surface area contributed by atoms with Gasteiger partial charge in [-0.3, -0.25) is 23.9 Å². The maximum Gasteiger partial charge on any atom is 0.274 e. The van der Waals surface area contributed by atoms with Gasteiger partial charge in [-0.25, -0.2) is 10.5 Å². The average Bonchev–Trinajstić information content (AvgIpc) is 3.22. The molecule has 1 N–H and O–H groups in total. The molecule has 0 unspecified atom stereocenters. The molecular formula is C30H29ClFN5O2. The van der Waals surface area contributed by atoms with Gasteiger partial charge in [-0.1, -0.05) is 17.7 Å². The molecule has 39 heavy (non-hydrogen) atoms. The molecule has 1 aliphatic carbocycles. The lowest BCUT2D eigenvalue weighted by Gasteiger charge is -2.37. The zero-order valence-corrected chi connectivity index (χ0v) is 22.4. The van der Waals surface area contributed by atoms with Gasteiger partial charge in [0.15, 0.2) is 0 Å². The molecular weight excluding hydrogens is 517 g/mol. The zero-order chi connectivity index (χ0) is 26.9. The summed E-state index contributed by atoms with van der Waals surface area (Å²) in [4.78, 5) is 28.6. The molecule has 9 heteroatoms. The summed E-state index contributed by atoms with van der Waals surface area (Å²) in [6.07, 6.45) is 10.1. The summed E-state index contributed by atoms with van der Waals surface area (Å²) >= 11 is 6.67. The molecule has 200 valence electrons. The number of carbonyl (C=O) groups is 1. The second kappa shape index (κ2) is 10.9. The fraction of sp³-hybridized carbons (Fsp3) is 0.300. The third kappa shape index (κ3) is 5.07. The molecule has 1 aromatic carbocycles. The number of imidazole rings is 1. The molecule has 0 spiro atoms. The number of aryl methyl sites for hydroxylation is 1. The number of aromatic nitrogens is 3. The highest BCUT2D eigenvalue weighted by atomic mass is 35.5. The van der Waals surface area contributed by atoms with Crippen LogP contribution >= 0.6 is 11.6 Å². The number of fused-ring (bicyclic) bond motifs is 2. The minimum atomic E-state index is -0.279. The first-order chi connectivity index (χ1) is 19.0. The Morgan fingerprint density at radius 3 is 2.85 bits per heavy atom. The van der Waals surface area contributed by atoms with Crippen LogP contribution in [0.5, 0.6) is 0 Å². The Kier molecular flexibility index (Phi) is 7.16. The third-order valence-corrected chi connectivity index (χ3v) is 7.84. The first-order valence-corrected chi connectivity index (χ1v) is 13.5. The van der Waals surface area contributed by atoms with Gasteiger partial charge >= 0.3 is 0 Å². The topological polar surface area (TPSA) is 71.8 Å². The van der Waals surface area contributed by atoms with Gasteiger partial charge in [0.25, 0.3) is 5.91 Å². The van der Waals surface area contributed by atoms with E-state index in [1.807, 2.05) is 41.1 Å². The van der Waals surface area contributed by atoms with Crippen molar-refractivity contribution in [1.82, 2.24) is 24.7 Å². The molecule has 4 aromatic rings. The molecule has 1 amide bonds. The van der Waals surface area contributed by atoms with Crippen molar-refractivity contribution in [2.45, 2.75) is 25.8 Å². The number of alkyl halides is 1. The first kappa shape index (κ1) is 25.7. The third-order valence-electron chi connectivity index (χ3n) is 7.54. The van der Waals surface area contributed by atoms with E-state index >= 15 is 0 Å². The second-order valence-corrected chi connectivity index (χ2v) is 10.6. The second-order valence-electron chi connectivity index (χ2n) is 10.2. The van der Waals surface area contributed by atoms with Crippen LogP contribution in [0, 0.1) is 5.92 Å². The average molecular weight is 546 g/mol. The number of hydrogen-bond donors (Lipinski definition) is 1. The summed E-state index contributed by atoms with van der Waals surface area (Å²) in [7, 11) is 1.43. The Morgan fingerprint density at radius 1 is 1.18 bits per heavy atom. The molecule has 2 aliphatic rings. The quantitative estimate of drug-likeness (QED) is 0.316. The van der Waals surface area contributed by atoms with Crippen LogP contribution in [-0.4, -0.2) is 52.0 Å². The number of amides is 1. The van der Waals surface area contributed by atoms with Crippen LogP contribution in [0.4, 0.5) is 4.39 Å². The minimum absolute atomic E-state index is 0.149. The molecule has 0 atom stereocenters. The summed E-state index contributed by atoms with van der Waals surface area (Å²) < 4.78 is 14.9. The maximum absolute atomic E-state index is 12.9. The smallest absolute Gasteiger partial charge is 0.274 e. The van der Waals surface area contributed by atoms with E-state index in [0.717, 1.165) is 77.1 Å². The van der Waals surface area contributed by atoms with Crippen molar-refractivity contribution in [1.29, 1.82) is 0 Å². The Morgan fingerprint density at radius 2 is 2.05 bits per heavy atom. The normalized spacial score (nSPS) is 16.2. The Balaban J connectivity index is 1.45. The number of hydrogen-bond acceptors (Lipinski definition) is 5. The van der Waals surface area contributed by atoms with Crippen LogP contribution in [0.15, 0.2) is 61.2 Å². The van der Waals surface area contributed by atoms with E-state index in [1.54, 1.807) is 12.4 Å². The fourth-order valence-electron chi connectivity index (χ4n) is 5.70. The van der Waals surface area contributed by atoms with Gasteiger partial charge in [-0.2, -0.15) is 0 Å². The van der Waals surface area contributed by atoms with E-state index in [0.29, 0.717) is 17.1 Å². The largest absolute Gasteiger partial charge is 0.307 e. The van der Waals surface area contributed by atoms with Gasteiger partial charge in [0, 0.05) is 55.9 Å². The van der Waals surface area contributed by atoms with Gasteiger partial charge in [-0.15, -0.1) is 0 Å². The van der Waals surface area contributed by atoms with Gasteiger partial charge in [0.05, 0.1) is 24.5 Å². The van der Waals surface area contributed by atoms with Crippen molar-refractivity contribution >= 4 is 34.3 Å². The number of likely N-dealkylation sites (tertiary alicyclic amines) is 1. The lowest BCUT2D eigenvalue weighted by Crippen LogP contribution is -2.46. The van der Waals surface area contributed by atoms with Crippen LogP contribution in [0.2, 0.25) is 5.02 Å². The first-order valence-electron chi connectivity index (χ1n) is 13.1. The Hall–Kier alpha value is -3.59. The Labute approximate surface area is 231 Å². The molecule has 0 bridgehead atoms. The van der Waals surface area contributed by atoms with E-state index in [9.17, 15) is 9.18 Å². The highest BCUT2D eigenvalue weighted by Gasteiger charge is 2.27. The molecule has 0 radical (unpaired) electrons. The van der Waals surface area contributed by atoms with Gasteiger partial charge in [0.1, 0.15) is 5.65 Å². The number of nitrogens with one attached hydrogen (secondary N) is 1. The van der Waals surface area contributed by atoms with E-state index in [2.05, 4.69) is 27.5 Å². The summed E-state index contributed by atoms with van der Waals surface area (Å²) in [6.45, 7) is 2.01. The number of rotatable bonds is 7. The number of benzene rings is 1. The van der Waals surface area contributed by atoms with E-state index in [4.69, 9.17) is 21.4 Å². The molecule has 4 heterocycles. The number of pyridine rings is 2. The highest BCUT2D eigenvalue weighted by molar-refractivity contribution is 6.32. The molecule has 1 fully saturated rings. The summed E-state index contributed by atoms with van der Waals surface area (Å²) in [5.74, 6) is -0.130. The maximum atomic E-state index is 12.9. The van der Waals surface area contributed by atoms with Gasteiger partial charge in [-0.05, 0) is 83.0 Å². The van der Waals surface area contributed by atoms with Crippen molar-refractivity contribution in [2.24, 2.45) is 5.92 Å². The van der Waals surface area contributed by atoms with Gasteiger partial charge in [0.2, 0.25) is 0 Å². The van der Waals surface area contributed by atoms with Crippen molar-refractivity contribution < 1.29 is 14.0 Å². The molecule has 7 nitrogen and oxygen atoms in total. The number of allylic oxidation sites excluding steroid dienone is 1. The van der Waals surface area contributed by atoms with Crippen LogP contribution in [0.3, 0.4) is 0 Å². The van der Waals surface area contributed by atoms with Crippen molar-refractivity contribution in [3.8, 4) is 0 Å².